The molecule has 14 heteroatoms. The first-order valence-electron chi connectivity index (χ1n) is 11.2. The van der Waals surface area contributed by atoms with E-state index >= 15 is 0 Å². The van der Waals surface area contributed by atoms with E-state index in [-0.39, 0.29) is 56.1 Å². The molecule has 38 heavy (non-hydrogen) atoms. The van der Waals surface area contributed by atoms with Gasteiger partial charge in [0.1, 0.15) is 5.76 Å². The molecule has 0 fully saturated rings. The van der Waals surface area contributed by atoms with Crippen LogP contribution in [-0.4, -0.2) is 47.9 Å². The van der Waals surface area contributed by atoms with E-state index in [1.807, 2.05) is 0 Å². The summed E-state index contributed by atoms with van der Waals surface area (Å²) in [5.74, 6) is -0.230. The minimum absolute atomic E-state index is 0.0169. The Morgan fingerprint density at radius 3 is 2.53 bits per heavy atom. The lowest BCUT2D eigenvalue weighted by Crippen LogP contribution is -2.25. The Bertz CT molecular complexity index is 1680. The third kappa shape index (κ3) is 6.27. The molecule has 0 aliphatic heterocycles. The van der Waals surface area contributed by atoms with Crippen LogP contribution in [0.3, 0.4) is 0 Å². The van der Waals surface area contributed by atoms with Crippen LogP contribution in [0.25, 0.3) is 10.9 Å². The fourth-order valence-corrected chi connectivity index (χ4v) is 4.91. The van der Waals surface area contributed by atoms with Gasteiger partial charge in [0.2, 0.25) is 15.9 Å². The van der Waals surface area contributed by atoms with Crippen molar-refractivity contribution < 1.29 is 27.3 Å². The predicted molar refractivity (Wildman–Crippen MR) is 139 cm³/mol. The van der Waals surface area contributed by atoms with Crippen LogP contribution in [0.2, 0.25) is 0 Å². The van der Waals surface area contributed by atoms with Crippen LogP contribution in [0.4, 0.5) is 5.82 Å². The Hall–Kier alpha value is -4.01. The highest BCUT2D eigenvalue weighted by Gasteiger charge is 2.17. The molecule has 0 unspecified atom stereocenters. The van der Waals surface area contributed by atoms with Gasteiger partial charge in [-0.05, 0) is 49.2 Å². The number of thioether (sulfide) groups is 1. The van der Waals surface area contributed by atoms with Crippen molar-refractivity contribution in [3.05, 3.63) is 75.8 Å². The first-order valence-corrected chi connectivity index (χ1v) is 13.7. The molecule has 4 rings (SSSR count). The molecule has 0 aliphatic rings. The van der Waals surface area contributed by atoms with Gasteiger partial charge in [-0.3, -0.25) is 14.2 Å². The van der Waals surface area contributed by atoms with Gasteiger partial charge in [-0.2, -0.15) is 0 Å². The summed E-state index contributed by atoms with van der Waals surface area (Å²) in [5.41, 5.74) is 0.916. The monoisotopic (exact) mass is 557 g/mol. The number of hydrogen-bond donors (Lipinski definition) is 2. The highest BCUT2D eigenvalue weighted by atomic mass is 32.2. The SMILES string of the molecule is COC(=O)c1ccc2c(=O)n(CCc3ccc(S(N)(=O)=O)cc3)c(SCC(=O)Nc3cc(C)on3)nc2c1. The van der Waals surface area contributed by atoms with Gasteiger partial charge < -0.3 is 14.6 Å². The van der Waals surface area contributed by atoms with Crippen LogP contribution in [0, 0.1) is 6.92 Å². The molecule has 0 bridgehead atoms. The summed E-state index contributed by atoms with van der Waals surface area (Å²) in [5, 5.41) is 12.0. The number of nitrogens with two attached hydrogens (primary N) is 1. The first kappa shape index (κ1) is 27.0. The highest BCUT2D eigenvalue weighted by Crippen LogP contribution is 2.21. The molecular formula is C24H23N5O7S2. The normalized spacial score (nSPS) is 11.4. The van der Waals surface area contributed by atoms with Crippen LogP contribution in [0.15, 0.2) is 67.9 Å². The van der Waals surface area contributed by atoms with Gasteiger partial charge in [-0.25, -0.2) is 23.3 Å². The molecular weight excluding hydrogens is 534 g/mol. The molecule has 4 aromatic rings. The molecule has 0 saturated carbocycles. The number of nitrogens with one attached hydrogen (secondary N) is 1. The number of fused-ring (bicyclic) bond motifs is 1. The fourth-order valence-electron chi connectivity index (χ4n) is 3.57. The molecule has 0 radical (unpaired) electrons. The second-order valence-electron chi connectivity index (χ2n) is 8.17. The number of anilines is 1. The van der Waals surface area contributed by atoms with E-state index < -0.39 is 16.0 Å². The van der Waals surface area contributed by atoms with Crippen molar-refractivity contribution in [2.75, 3.05) is 18.2 Å². The smallest absolute Gasteiger partial charge is 0.337 e. The summed E-state index contributed by atoms with van der Waals surface area (Å²) in [6.07, 6.45) is 0.371. The standard InChI is InChI=1S/C24H23N5O7S2/c1-14-11-20(28-36-14)27-21(30)13-37-24-26-19-12-16(23(32)35-2)5-8-18(19)22(31)29(24)10-9-15-3-6-17(7-4-15)38(25,33)34/h3-8,11-12H,9-10,13H2,1-2H3,(H2,25,33,34)(H,27,28,30). The van der Waals surface area contributed by atoms with Gasteiger partial charge in [0.25, 0.3) is 5.56 Å². The number of hydrogen-bond acceptors (Lipinski definition) is 10. The number of aromatic nitrogens is 3. The number of aryl methyl sites for hydroxylation is 2. The Balaban J connectivity index is 1.63. The van der Waals surface area contributed by atoms with E-state index in [1.54, 1.807) is 25.1 Å². The van der Waals surface area contributed by atoms with Crippen LogP contribution < -0.4 is 16.0 Å². The zero-order valence-corrected chi connectivity index (χ0v) is 22.0. The summed E-state index contributed by atoms with van der Waals surface area (Å²) < 4.78 is 34.2. The molecule has 2 aromatic carbocycles. The Kier molecular flexibility index (Phi) is 7.94. The van der Waals surface area contributed by atoms with Gasteiger partial charge in [-0.1, -0.05) is 29.1 Å². The molecule has 0 spiro atoms. The van der Waals surface area contributed by atoms with Gasteiger partial charge in [-0.15, -0.1) is 0 Å². The minimum Gasteiger partial charge on any atom is -0.465 e. The Morgan fingerprint density at radius 2 is 1.89 bits per heavy atom. The average Bonchev–Trinajstić information content (AvgIpc) is 3.30. The summed E-state index contributed by atoms with van der Waals surface area (Å²) in [6, 6.07) is 12.0. The van der Waals surface area contributed by atoms with E-state index in [0.717, 1.165) is 17.3 Å². The summed E-state index contributed by atoms with van der Waals surface area (Å²) >= 11 is 1.04. The molecule has 3 N–H and O–H groups in total. The molecule has 0 saturated heterocycles. The van der Waals surface area contributed by atoms with Crippen LogP contribution in [0.5, 0.6) is 0 Å². The lowest BCUT2D eigenvalue weighted by Gasteiger charge is -2.14. The largest absolute Gasteiger partial charge is 0.465 e. The van der Waals surface area contributed by atoms with Crippen molar-refractivity contribution in [3.63, 3.8) is 0 Å². The first-order chi connectivity index (χ1) is 18.0. The summed E-state index contributed by atoms with van der Waals surface area (Å²) in [4.78, 5) is 42.4. The zero-order chi connectivity index (χ0) is 27.4. The minimum atomic E-state index is -3.82. The van der Waals surface area contributed by atoms with Crippen molar-refractivity contribution in [1.82, 2.24) is 14.7 Å². The van der Waals surface area contributed by atoms with Crippen molar-refractivity contribution in [2.45, 2.75) is 29.9 Å². The van der Waals surface area contributed by atoms with Crippen LogP contribution >= 0.6 is 11.8 Å². The van der Waals surface area contributed by atoms with E-state index in [0.29, 0.717) is 12.2 Å². The maximum atomic E-state index is 13.4. The molecule has 0 aliphatic carbocycles. The van der Waals surface area contributed by atoms with Gasteiger partial charge >= 0.3 is 5.97 Å². The predicted octanol–water partition coefficient (Wildman–Crippen LogP) is 2.10. The van der Waals surface area contributed by atoms with Crippen molar-refractivity contribution in [1.29, 1.82) is 0 Å². The average molecular weight is 558 g/mol. The molecule has 12 nitrogen and oxygen atoms in total. The lowest BCUT2D eigenvalue weighted by molar-refractivity contribution is -0.113. The van der Waals surface area contributed by atoms with Crippen LogP contribution in [0.1, 0.15) is 21.7 Å². The second kappa shape index (κ2) is 11.2. The number of rotatable bonds is 9. The van der Waals surface area contributed by atoms with E-state index in [2.05, 4.69) is 15.5 Å². The maximum absolute atomic E-state index is 13.4. The number of carbonyl (C=O) groups excluding carboxylic acids is 2. The number of methoxy groups -OCH3 is 1. The van der Waals surface area contributed by atoms with Gasteiger partial charge in [0.15, 0.2) is 11.0 Å². The molecule has 1 amide bonds. The Morgan fingerprint density at radius 1 is 1.16 bits per heavy atom. The summed E-state index contributed by atoms with van der Waals surface area (Å²) in [6.45, 7) is 1.89. The lowest BCUT2D eigenvalue weighted by atomic mass is 10.1. The third-order valence-electron chi connectivity index (χ3n) is 5.45. The number of amides is 1. The fraction of sp³-hybridized carbons (Fsp3) is 0.208. The number of sulfonamides is 1. The van der Waals surface area contributed by atoms with E-state index in [9.17, 15) is 22.8 Å². The van der Waals surface area contributed by atoms with E-state index in [4.69, 9.17) is 14.4 Å². The number of esters is 1. The number of nitrogens with zero attached hydrogens (tertiary/aromatic N) is 3. The molecule has 2 aromatic heterocycles. The quantitative estimate of drug-likeness (QED) is 0.176. The van der Waals surface area contributed by atoms with E-state index in [1.165, 1.54) is 42.0 Å². The molecule has 198 valence electrons. The number of primary sulfonamides is 1. The van der Waals surface area contributed by atoms with Crippen molar-refractivity contribution in [2.24, 2.45) is 5.14 Å². The third-order valence-corrected chi connectivity index (χ3v) is 7.35. The highest BCUT2D eigenvalue weighted by molar-refractivity contribution is 7.99. The molecule has 2 heterocycles. The zero-order valence-electron chi connectivity index (χ0n) is 20.3. The number of ether oxygens (including phenoxy) is 1. The number of benzene rings is 2. The second-order valence-corrected chi connectivity index (χ2v) is 10.7. The summed E-state index contributed by atoms with van der Waals surface area (Å²) in [7, 11) is -2.57. The van der Waals surface area contributed by atoms with Gasteiger partial charge in [0.05, 0.1) is 34.2 Å². The van der Waals surface area contributed by atoms with Crippen molar-refractivity contribution >= 4 is 50.4 Å². The topological polar surface area (TPSA) is 176 Å². The van der Waals surface area contributed by atoms with Crippen LogP contribution in [-0.2, 0) is 32.5 Å². The maximum Gasteiger partial charge on any atom is 0.337 e. The number of carbonyl (C=O) groups is 2. The van der Waals surface area contributed by atoms with Gasteiger partial charge in [0, 0.05) is 12.6 Å². The Labute approximate surface area is 221 Å². The molecule has 0 atom stereocenters. The van der Waals surface area contributed by atoms with Crippen molar-refractivity contribution in [3.8, 4) is 0 Å².